The molecule has 6 nitrogen and oxygen atoms in total. The number of fused-ring (bicyclic) bond motifs is 1. The van der Waals surface area contributed by atoms with Crippen molar-refractivity contribution in [2.45, 2.75) is 37.1 Å². The largest absolute Gasteiger partial charge is 0.496 e. The number of rotatable bonds is 5. The van der Waals surface area contributed by atoms with Crippen LogP contribution in [0.15, 0.2) is 47.4 Å². The van der Waals surface area contributed by atoms with Crippen molar-refractivity contribution < 1.29 is 9.53 Å². The van der Waals surface area contributed by atoms with Gasteiger partial charge in [0.05, 0.1) is 12.7 Å². The lowest BCUT2D eigenvalue weighted by atomic mass is 10.1. The van der Waals surface area contributed by atoms with Gasteiger partial charge in [0, 0.05) is 29.1 Å². The Hall–Kier alpha value is -2.80. The molecule has 2 heterocycles. The maximum atomic E-state index is 12.7. The van der Waals surface area contributed by atoms with Crippen LogP contribution in [0, 0.1) is 0 Å². The van der Waals surface area contributed by atoms with Gasteiger partial charge in [0.15, 0.2) is 5.82 Å². The SMILES string of the molecule is COc1cc(SC)ccc1C(=O)Nc1ccc(-c2nnc3n2CCCCC3)cc1. The third-order valence-electron chi connectivity index (χ3n) is 5.16. The van der Waals surface area contributed by atoms with Crippen molar-refractivity contribution in [2.75, 3.05) is 18.7 Å². The van der Waals surface area contributed by atoms with E-state index in [1.807, 2.05) is 42.7 Å². The molecule has 1 amide bonds. The van der Waals surface area contributed by atoms with Crippen LogP contribution in [0.2, 0.25) is 0 Å². The van der Waals surface area contributed by atoms with Crippen molar-refractivity contribution in [3.63, 3.8) is 0 Å². The second-order valence-electron chi connectivity index (χ2n) is 7.00. The van der Waals surface area contributed by atoms with Gasteiger partial charge >= 0.3 is 0 Å². The number of thioether (sulfide) groups is 1. The zero-order valence-electron chi connectivity index (χ0n) is 16.6. The number of aromatic nitrogens is 3. The van der Waals surface area contributed by atoms with Crippen molar-refractivity contribution in [1.82, 2.24) is 14.8 Å². The molecule has 29 heavy (non-hydrogen) atoms. The van der Waals surface area contributed by atoms with Gasteiger partial charge in [0.1, 0.15) is 11.6 Å². The van der Waals surface area contributed by atoms with E-state index in [9.17, 15) is 4.79 Å². The van der Waals surface area contributed by atoms with E-state index in [0.29, 0.717) is 11.3 Å². The highest BCUT2D eigenvalue weighted by molar-refractivity contribution is 7.98. The number of carbonyl (C=O) groups excluding carboxylic acids is 1. The number of ether oxygens (including phenoxy) is 1. The number of nitrogens with zero attached hydrogens (tertiary/aromatic N) is 3. The number of amides is 1. The smallest absolute Gasteiger partial charge is 0.259 e. The molecule has 4 rings (SSSR count). The first-order valence-corrected chi connectivity index (χ1v) is 11.0. The second-order valence-corrected chi connectivity index (χ2v) is 7.88. The summed E-state index contributed by atoms with van der Waals surface area (Å²) in [6, 6.07) is 13.3. The van der Waals surface area contributed by atoms with E-state index >= 15 is 0 Å². The van der Waals surface area contributed by atoms with Crippen molar-refractivity contribution in [1.29, 1.82) is 0 Å². The highest BCUT2D eigenvalue weighted by Gasteiger charge is 2.17. The van der Waals surface area contributed by atoms with Gasteiger partial charge in [-0.3, -0.25) is 4.79 Å². The molecule has 1 aliphatic heterocycles. The van der Waals surface area contributed by atoms with E-state index in [2.05, 4.69) is 20.1 Å². The van der Waals surface area contributed by atoms with Gasteiger partial charge in [-0.1, -0.05) is 6.42 Å². The fourth-order valence-corrected chi connectivity index (χ4v) is 4.01. The number of anilines is 1. The zero-order chi connectivity index (χ0) is 20.2. The summed E-state index contributed by atoms with van der Waals surface area (Å²) in [4.78, 5) is 13.8. The molecule has 0 fully saturated rings. The van der Waals surface area contributed by atoms with Gasteiger partial charge in [-0.25, -0.2) is 0 Å². The Balaban J connectivity index is 1.52. The summed E-state index contributed by atoms with van der Waals surface area (Å²) in [6.07, 6.45) is 6.53. The van der Waals surface area contributed by atoms with E-state index in [1.165, 1.54) is 12.8 Å². The summed E-state index contributed by atoms with van der Waals surface area (Å²) in [5.74, 6) is 2.33. The minimum absolute atomic E-state index is 0.196. The van der Waals surface area contributed by atoms with Gasteiger partial charge in [-0.15, -0.1) is 22.0 Å². The van der Waals surface area contributed by atoms with Crippen LogP contribution >= 0.6 is 11.8 Å². The van der Waals surface area contributed by atoms with E-state index in [-0.39, 0.29) is 5.91 Å². The number of carbonyl (C=O) groups is 1. The average Bonchev–Trinajstić information content (AvgIpc) is 3.01. The normalized spacial score (nSPS) is 13.4. The third kappa shape index (κ3) is 4.15. The molecule has 2 aromatic carbocycles. The van der Waals surface area contributed by atoms with Crippen LogP contribution < -0.4 is 10.1 Å². The van der Waals surface area contributed by atoms with E-state index in [1.54, 1.807) is 24.9 Å². The number of hydrogen-bond acceptors (Lipinski definition) is 5. The lowest BCUT2D eigenvalue weighted by molar-refractivity contribution is 0.102. The molecule has 0 atom stereocenters. The predicted octanol–water partition coefficient (Wildman–Crippen LogP) is 4.65. The van der Waals surface area contributed by atoms with E-state index < -0.39 is 0 Å². The zero-order valence-corrected chi connectivity index (χ0v) is 17.5. The molecule has 3 aromatic rings. The van der Waals surface area contributed by atoms with Gasteiger partial charge in [-0.05, 0) is 61.6 Å². The van der Waals surface area contributed by atoms with Crippen LogP contribution in [0.3, 0.4) is 0 Å². The predicted molar refractivity (Wildman–Crippen MR) is 116 cm³/mol. The molecule has 0 unspecified atom stereocenters. The van der Waals surface area contributed by atoms with Crippen LogP contribution in [0.4, 0.5) is 5.69 Å². The molecule has 1 aliphatic rings. The van der Waals surface area contributed by atoms with Crippen molar-refractivity contribution in [2.24, 2.45) is 0 Å². The lowest BCUT2D eigenvalue weighted by Crippen LogP contribution is -2.13. The lowest BCUT2D eigenvalue weighted by Gasteiger charge is -2.11. The van der Waals surface area contributed by atoms with Crippen molar-refractivity contribution in [3.8, 4) is 17.1 Å². The standard InChI is InChI=1S/C22H24N4O2S/c1-28-19-14-17(29-2)11-12-18(19)22(27)23-16-9-7-15(8-10-16)21-25-24-20-6-4-3-5-13-26(20)21/h7-12,14H,3-6,13H2,1-2H3,(H,23,27). The number of benzene rings is 2. The van der Waals surface area contributed by atoms with Gasteiger partial charge in [-0.2, -0.15) is 0 Å². The molecular weight excluding hydrogens is 384 g/mol. The molecule has 0 aliphatic carbocycles. The summed E-state index contributed by atoms with van der Waals surface area (Å²) in [5.41, 5.74) is 2.24. The van der Waals surface area contributed by atoms with Crippen LogP contribution in [0.1, 0.15) is 35.4 Å². The van der Waals surface area contributed by atoms with Crippen molar-refractivity contribution in [3.05, 3.63) is 53.9 Å². The first-order valence-electron chi connectivity index (χ1n) is 9.75. The van der Waals surface area contributed by atoms with Gasteiger partial charge in [0.25, 0.3) is 5.91 Å². The highest BCUT2D eigenvalue weighted by atomic mass is 32.2. The minimum Gasteiger partial charge on any atom is -0.496 e. The summed E-state index contributed by atoms with van der Waals surface area (Å²) >= 11 is 1.61. The van der Waals surface area contributed by atoms with Crippen LogP contribution in [-0.4, -0.2) is 34.0 Å². The Morgan fingerprint density at radius 3 is 2.69 bits per heavy atom. The fourth-order valence-electron chi connectivity index (χ4n) is 3.59. The molecule has 0 saturated heterocycles. The third-order valence-corrected chi connectivity index (χ3v) is 5.89. The summed E-state index contributed by atoms with van der Waals surface area (Å²) in [7, 11) is 1.58. The van der Waals surface area contributed by atoms with Crippen LogP contribution in [0.5, 0.6) is 5.75 Å². The molecule has 0 bridgehead atoms. The summed E-state index contributed by atoms with van der Waals surface area (Å²) in [5, 5.41) is 11.7. The Morgan fingerprint density at radius 1 is 1.10 bits per heavy atom. The summed E-state index contributed by atoms with van der Waals surface area (Å²) < 4.78 is 7.61. The fraction of sp³-hybridized carbons (Fsp3) is 0.318. The molecular formula is C22H24N4O2S. The molecule has 1 N–H and O–H groups in total. The molecule has 150 valence electrons. The molecule has 0 radical (unpaired) electrons. The number of nitrogens with one attached hydrogen (secondary N) is 1. The van der Waals surface area contributed by atoms with E-state index in [4.69, 9.17) is 4.74 Å². The van der Waals surface area contributed by atoms with Gasteiger partial charge < -0.3 is 14.6 Å². The maximum Gasteiger partial charge on any atom is 0.259 e. The second kappa shape index (κ2) is 8.69. The Kier molecular flexibility index (Phi) is 5.85. The first-order chi connectivity index (χ1) is 14.2. The topological polar surface area (TPSA) is 69.0 Å². The molecule has 1 aromatic heterocycles. The quantitative estimate of drug-likeness (QED) is 0.622. The average molecular weight is 409 g/mol. The van der Waals surface area contributed by atoms with Crippen molar-refractivity contribution >= 4 is 23.4 Å². The number of methoxy groups -OCH3 is 1. The molecule has 7 heteroatoms. The minimum atomic E-state index is -0.196. The molecule has 0 spiro atoms. The maximum absolute atomic E-state index is 12.7. The Bertz CT molecular complexity index is 1010. The van der Waals surface area contributed by atoms with E-state index in [0.717, 1.165) is 47.2 Å². The Labute approximate surface area is 174 Å². The highest BCUT2D eigenvalue weighted by Crippen LogP contribution is 2.27. The van der Waals surface area contributed by atoms with Crippen LogP contribution in [0.25, 0.3) is 11.4 Å². The monoisotopic (exact) mass is 408 g/mol. The number of hydrogen-bond donors (Lipinski definition) is 1. The first kappa shape index (κ1) is 19.5. The van der Waals surface area contributed by atoms with Gasteiger partial charge in [0.2, 0.25) is 0 Å². The Morgan fingerprint density at radius 2 is 1.93 bits per heavy atom. The summed E-state index contributed by atoms with van der Waals surface area (Å²) in [6.45, 7) is 0.960. The number of aryl methyl sites for hydroxylation is 1. The van der Waals surface area contributed by atoms with Crippen LogP contribution in [-0.2, 0) is 13.0 Å². The molecule has 0 saturated carbocycles.